The van der Waals surface area contributed by atoms with E-state index in [9.17, 15) is 13.2 Å². The van der Waals surface area contributed by atoms with Crippen molar-refractivity contribution in [1.82, 2.24) is 19.4 Å². The molecule has 0 saturated carbocycles. The molecule has 2 aliphatic carbocycles. The number of aromatic nitrogens is 2. The van der Waals surface area contributed by atoms with Crippen molar-refractivity contribution < 1.29 is 17.9 Å². The Balaban J connectivity index is 0.00000289. The Morgan fingerprint density at radius 1 is 1.11 bits per heavy atom. The number of anilines is 2. The van der Waals surface area contributed by atoms with Crippen molar-refractivity contribution in [3.05, 3.63) is 40.7 Å². The summed E-state index contributed by atoms with van der Waals surface area (Å²) >= 11 is 0. The van der Waals surface area contributed by atoms with Crippen LogP contribution in [0.25, 0.3) is 0 Å². The van der Waals surface area contributed by atoms with E-state index in [1.165, 1.54) is 21.6 Å². The molecule has 10 nitrogen and oxygen atoms in total. The molecule has 0 unspecified atom stereocenters. The number of hydrogen-bond donors (Lipinski definition) is 2. The first-order valence-electron chi connectivity index (χ1n) is 12.0. The molecular formula is C23H33N6NaO4S. The van der Waals surface area contributed by atoms with Crippen LogP contribution in [0.15, 0.2) is 18.5 Å². The van der Waals surface area contributed by atoms with E-state index in [-0.39, 0.29) is 36.1 Å². The number of amides is 2. The van der Waals surface area contributed by atoms with Gasteiger partial charge in [-0.15, -0.1) is 0 Å². The van der Waals surface area contributed by atoms with Crippen LogP contribution >= 0.6 is 0 Å². The Labute approximate surface area is 228 Å². The number of fused-ring (bicyclic) bond motifs is 2. The molecule has 0 radical (unpaired) electrons. The van der Waals surface area contributed by atoms with Gasteiger partial charge in [-0.3, -0.25) is 9.58 Å². The number of hydrogen-bond acceptors (Lipinski definition) is 6. The van der Waals surface area contributed by atoms with Crippen molar-refractivity contribution in [1.29, 1.82) is 0 Å². The molecule has 0 bridgehead atoms. The third-order valence-electron chi connectivity index (χ3n) is 6.93. The zero-order chi connectivity index (χ0) is 23.7. The van der Waals surface area contributed by atoms with Crippen LogP contribution in [0.2, 0.25) is 0 Å². The summed E-state index contributed by atoms with van der Waals surface area (Å²) < 4.78 is 37.1. The summed E-state index contributed by atoms with van der Waals surface area (Å²) in [4.78, 5) is 15.2. The summed E-state index contributed by atoms with van der Waals surface area (Å²) in [6.45, 7) is 3.49. The van der Waals surface area contributed by atoms with Crippen LogP contribution in [0.4, 0.5) is 16.2 Å². The van der Waals surface area contributed by atoms with Gasteiger partial charge in [0, 0.05) is 45.1 Å². The van der Waals surface area contributed by atoms with Gasteiger partial charge < -0.3 is 10.1 Å². The second-order valence-electron chi connectivity index (χ2n) is 9.19. The maximum absolute atomic E-state index is 13.4. The number of rotatable bonds is 7. The first-order chi connectivity index (χ1) is 16.4. The van der Waals surface area contributed by atoms with Crippen molar-refractivity contribution in [2.75, 3.05) is 49.0 Å². The Bertz CT molecular complexity index is 1150. The van der Waals surface area contributed by atoms with Crippen LogP contribution in [0.3, 0.4) is 0 Å². The van der Waals surface area contributed by atoms with Crippen LogP contribution in [0.5, 0.6) is 0 Å². The fourth-order valence-electron chi connectivity index (χ4n) is 5.26. The molecule has 0 atom stereocenters. The van der Waals surface area contributed by atoms with E-state index in [0.717, 1.165) is 68.4 Å². The number of carbonyl (C=O) groups excluding carboxylic acids is 1. The van der Waals surface area contributed by atoms with Crippen molar-refractivity contribution in [3.63, 3.8) is 0 Å². The molecule has 1 aromatic carbocycles. The van der Waals surface area contributed by atoms with Gasteiger partial charge in [-0.25, -0.2) is 13.8 Å². The van der Waals surface area contributed by atoms with Crippen LogP contribution < -0.4 is 14.3 Å². The molecular weight excluding hydrogens is 479 g/mol. The van der Waals surface area contributed by atoms with Gasteiger partial charge in [-0.1, -0.05) is 6.07 Å². The first-order valence-corrected chi connectivity index (χ1v) is 13.4. The van der Waals surface area contributed by atoms with E-state index in [1.807, 2.05) is 0 Å². The summed E-state index contributed by atoms with van der Waals surface area (Å²) in [5.41, 5.74) is 6.10. The topological polar surface area (TPSA) is 109 Å². The molecule has 1 aromatic heterocycles. The molecule has 12 heteroatoms. The van der Waals surface area contributed by atoms with Crippen molar-refractivity contribution in [3.8, 4) is 0 Å². The predicted molar refractivity (Wildman–Crippen MR) is 137 cm³/mol. The number of benzene rings is 1. The number of ether oxygens (including phenoxy) is 1. The summed E-state index contributed by atoms with van der Waals surface area (Å²) in [5, 5.41) is 7.03. The van der Waals surface area contributed by atoms with Crippen LogP contribution in [0.1, 0.15) is 35.1 Å². The summed E-state index contributed by atoms with van der Waals surface area (Å²) in [6.07, 6.45) is 9.08. The predicted octanol–water partition coefficient (Wildman–Crippen LogP) is 0.954. The Morgan fingerprint density at radius 3 is 2.37 bits per heavy atom. The van der Waals surface area contributed by atoms with Crippen LogP contribution in [-0.4, -0.2) is 98.1 Å². The molecule has 2 N–H and O–H groups in total. The quantitative estimate of drug-likeness (QED) is 0.535. The molecule has 1 fully saturated rings. The van der Waals surface area contributed by atoms with E-state index in [4.69, 9.17) is 4.74 Å². The maximum atomic E-state index is 13.4. The van der Waals surface area contributed by atoms with Gasteiger partial charge in [-0.05, 0) is 60.8 Å². The van der Waals surface area contributed by atoms with E-state index >= 15 is 0 Å². The van der Waals surface area contributed by atoms with Crippen molar-refractivity contribution >= 4 is 57.2 Å². The van der Waals surface area contributed by atoms with Gasteiger partial charge in [0.2, 0.25) is 0 Å². The SMILES string of the molecule is Cn1cc(N(CCN2CCOCC2)S(=O)(=O)NC(=O)Nc2c3c(cc4c2CCC4)CCC3)cn1.[NaH]. The normalized spacial score (nSPS) is 17.4. The Kier molecular flexibility index (Phi) is 8.45. The summed E-state index contributed by atoms with van der Waals surface area (Å²) in [5.74, 6) is 0. The Hall–Kier alpha value is -1.63. The van der Waals surface area contributed by atoms with Gasteiger partial charge in [0.05, 0.1) is 25.1 Å². The van der Waals surface area contributed by atoms with Gasteiger partial charge in [0.15, 0.2) is 0 Å². The number of nitrogens with one attached hydrogen (secondary N) is 2. The molecule has 5 rings (SSSR count). The standard InChI is InChI=1S/C23H32N6O4S.Na.H/c1-27-16-19(15-24-27)29(9-8-28-10-12-33-13-11-28)34(31,32)26-23(30)25-22-20-6-2-4-17(20)14-18-5-3-7-21(18)22;;/h14-16H,2-13H2,1H3,(H2,25,26,30);;. The number of nitrogens with zero attached hydrogens (tertiary/aromatic N) is 4. The van der Waals surface area contributed by atoms with Crippen LogP contribution in [0, 0.1) is 0 Å². The second kappa shape index (κ2) is 11.2. The molecule has 186 valence electrons. The molecule has 2 aromatic rings. The number of urea groups is 1. The average Bonchev–Trinajstić information content (AvgIpc) is 3.55. The number of aryl methyl sites for hydroxylation is 3. The third-order valence-corrected chi connectivity index (χ3v) is 8.34. The zero-order valence-electron chi connectivity index (χ0n) is 19.5. The zero-order valence-corrected chi connectivity index (χ0v) is 20.4. The van der Waals surface area contributed by atoms with Crippen molar-refractivity contribution in [2.24, 2.45) is 7.05 Å². The molecule has 3 aliphatic rings. The minimum absolute atomic E-state index is 0. The van der Waals surface area contributed by atoms with Gasteiger partial charge in [-0.2, -0.15) is 13.5 Å². The fourth-order valence-corrected chi connectivity index (χ4v) is 6.35. The molecule has 0 spiro atoms. The van der Waals surface area contributed by atoms with Gasteiger partial charge in [0.25, 0.3) is 0 Å². The molecule has 35 heavy (non-hydrogen) atoms. The second-order valence-corrected chi connectivity index (χ2v) is 10.8. The minimum atomic E-state index is -4.15. The monoisotopic (exact) mass is 512 g/mol. The third kappa shape index (κ3) is 5.86. The molecule has 1 saturated heterocycles. The average molecular weight is 513 g/mol. The van der Waals surface area contributed by atoms with E-state index in [1.54, 1.807) is 17.9 Å². The van der Waals surface area contributed by atoms with E-state index in [2.05, 4.69) is 26.1 Å². The first kappa shape index (κ1) is 26.4. The van der Waals surface area contributed by atoms with Gasteiger partial charge >= 0.3 is 45.8 Å². The summed E-state index contributed by atoms with van der Waals surface area (Å²) in [6, 6.07) is 1.55. The van der Waals surface area contributed by atoms with E-state index in [0.29, 0.717) is 25.4 Å². The molecule has 2 heterocycles. The van der Waals surface area contributed by atoms with Gasteiger partial charge in [0.1, 0.15) is 0 Å². The van der Waals surface area contributed by atoms with Crippen molar-refractivity contribution in [2.45, 2.75) is 38.5 Å². The number of carbonyl (C=O) groups is 1. The van der Waals surface area contributed by atoms with Crippen LogP contribution in [-0.2, 0) is 47.7 Å². The number of morpholine rings is 1. The Morgan fingerprint density at radius 2 is 1.77 bits per heavy atom. The fraction of sp³-hybridized carbons (Fsp3) is 0.565. The van der Waals surface area contributed by atoms with E-state index < -0.39 is 16.2 Å². The molecule has 1 aliphatic heterocycles. The summed E-state index contributed by atoms with van der Waals surface area (Å²) in [7, 11) is -2.42. The molecule has 2 amide bonds.